The van der Waals surface area contributed by atoms with Crippen LogP contribution in [-0.4, -0.2) is 15.0 Å². The second-order valence-corrected chi connectivity index (χ2v) is 4.91. The molecule has 1 heterocycles. The molecular weight excluding hydrogens is 280 g/mol. The van der Waals surface area contributed by atoms with Crippen molar-refractivity contribution in [3.63, 3.8) is 0 Å². The average molecular weight is 293 g/mol. The number of rotatable bonds is 4. The molecule has 19 heavy (non-hydrogen) atoms. The first-order valence-corrected chi connectivity index (χ1v) is 6.45. The first kappa shape index (κ1) is 13.7. The van der Waals surface area contributed by atoms with Crippen LogP contribution in [0.2, 0.25) is 5.02 Å². The maximum atomic E-state index is 6.09. The lowest BCUT2D eigenvalue weighted by Gasteiger charge is -2.08. The molecule has 0 saturated carbocycles. The van der Waals surface area contributed by atoms with Crippen LogP contribution in [-0.2, 0) is 6.54 Å². The number of hydrogen-bond donors (Lipinski definition) is 2. The number of hydrogen-bond acceptors (Lipinski definition) is 4. The lowest BCUT2D eigenvalue weighted by molar-refractivity contribution is 0.984. The third-order valence-electron chi connectivity index (χ3n) is 2.54. The molecule has 0 bridgehead atoms. The number of aromatic nitrogens is 2. The summed E-state index contributed by atoms with van der Waals surface area (Å²) in [7, 11) is 0. The molecule has 0 aliphatic heterocycles. The van der Waals surface area contributed by atoms with Gasteiger partial charge in [-0.15, -0.1) is 0 Å². The van der Waals surface area contributed by atoms with E-state index >= 15 is 0 Å². The van der Waals surface area contributed by atoms with Gasteiger partial charge >= 0.3 is 0 Å². The molecule has 2 rings (SSSR count). The Kier molecular flexibility index (Phi) is 4.29. The zero-order valence-corrected chi connectivity index (χ0v) is 11.9. The molecule has 0 spiro atoms. The fourth-order valence-electron chi connectivity index (χ4n) is 1.53. The fourth-order valence-corrected chi connectivity index (χ4v) is 2.04. The van der Waals surface area contributed by atoms with E-state index in [4.69, 9.17) is 29.6 Å². The first-order valence-electron chi connectivity index (χ1n) is 5.67. The molecule has 2 aromatic rings. The Morgan fingerprint density at radius 2 is 2.16 bits per heavy atom. The topological polar surface area (TPSA) is 63.8 Å². The van der Waals surface area contributed by atoms with Crippen molar-refractivity contribution in [3.05, 3.63) is 52.6 Å². The van der Waals surface area contributed by atoms with Crippen LogP contribution in [0.1, 0.15) is 17.0 Å². The molecule has 0 amide bonds. The summed E-state index contributed by atoms with van der Waals surface area (Å²) in [5.41, 5.74) is 8.87. The minimum Gasteiger partial charge on any atom is -0.389 e. The van der Waals surface area contributed by atoms with Gasteiger partial charge in [0.25, 0.3) is 0 Å². The highest BCUT2D eigenvalue weighted by atomic mass is 35.5. The minimum atomic E-state index is 0.293. The zero-order chi connectivity index (χ0) is 13.8. The van der Waals surface area contributed by atoms with Crippen LogP contribution >= 0.6 is 23.8 Å². The summed E-state index contributed by atoms with van der Waals surface area (Å²) in [6, 6.07) is 5.47. The Morgan fingerprint density at radius 3 is 2.74 bits per heavy atom. The van der Waals surface area contributed by atoms with Crippen LogP contribution in [0.4, 0.5) is 5.69 Å². The zero-order valence-electron chi connectivity index (χ0n) is 10.4. The molecule has 0 aliphatic carbocycles. The smallest absolute Gasteiger partial charge is 0.105 e. The highest BCUT2D eigenvalue weighted by Gasteiger charge is 2.04. The van der Waals surface area contributed by atoms with Crippen molar-refractivity contribution in [2.75, 3.05) is 5.32 Å². The van der Waals surface area contributed by atoms with Gasteiger partial charge in [0.1, 0.15) is 4.99 Å². The summed E-state index contributed by atoms with van der Waals surface area (Å²) in [6.07, 6.45) is 3.48. The molecule has 0 radical (unpaired) electrons. The van der Waals surface area contributed by atoms with Gasteiger partial charge in [0.15, 0.2) is 0 Å². The normalized spacial score (nSPS) is 10.2. The summed E-state index contributed by atoms with van der Waals surface area (Å²) < 4.78 is 0. The van der Waals surface area contributed by atoms with Crippen LogP contribution in [0.5, 0.6) is 0 Å². The molecule has 0 aliphatic rings. The Hall–Kier alpha value is -1.72. The standard InChI is InChI=1S/C13H13ClN4S/c1-8-5-17-10(6-16-8)7-18-9-2-3-11(13(15)19)12(14)4-9/h2-6,18H,7H2,1H3,(H2,15,19). The molecule has 3 N–H and O–H groups in total. The van der Waals surface area contributed by atoms with Gasteiger partial charge < -0.3 is 11.1 Å². The number of aryl methyl sites for hydroxylation is 1. The monoisotopic (exact) mass is 292 g/mol. The Balaban J connectivity index is 2.06. The second kappa shape index (κ2) is 5.95. The van der Waals surface area contributed by atoms with Crippen molar-refractivity contribution < 1.29 is 0 Å². The van der Waals surface area contributed by atoms with Crippen LogP contribution in [0.3, 0.4) is 0 Å². The number of benzene rings is 1. The SMILES string of the molecule is Cc1cnc(CNc2ccc(C(N)=S)c(Cl)c2)cn1. The van der Waals surface area contributed by atoms with E-state index < -0.39 is 0 Å². The lowest BCUT2D eigenvalue weighted by Crippen LogP contribution is -2.10. The van der Waals surface area contributed by atoms with Gasteiger partial charge in [0.2, 0.25) is 0 Å². The molecule has 0 atom stereocenters. The number of halogens is 1. The number of anilines is 1. The van der Waals surface area contributed by atoms with Gasteiger partial charge in [-0.05, 0) is 25.1 Å². The molecule has 0 fully saturated rings. The summed E-state index contributed by atoms with van der Waals surface area (Å²) >= 11 is 11.0. The average Bonchev–Trinajstić information content (AvgIpc) is 2.37. The Morgan fingerprint density at radius 1 is 1.37 bits per heavy atom. The van der Waals surface area contributed by atoms with E-state index in [1.807, 2.05) is 13.0 Å². The summed E-state index contributed by atoms with van der Waals surface area (Å²) in [5, 5.41) is 3.75. The molecule has 0 saturated heterocycles. The van der Waals surface area contributed by atoms with Gasteiger partial charge in [-0.1, -0.05) is 23.8 Å². The van der Waals surface area contributed by atoms with Crippen LogP contribution < -0.4 is 11.1 Å². The maximum absolute atomic E-state index is 6.09. The van der Waals surface area contributed by atoms with Crippen LogP contribution in [0.25, 0.3) is 0 Å². The van der Waals surface area contributed by atoms with Crippen molar-refractivity contribution >= 4 is 34.5 Å². The third-order valence-corrected chi connectivity index (χ3v) is 3.08. The fraction of sp³-hybridized carbons (Fsp3) is 0.154. The van der Waals surface area contributed by atoms with Crippen molar-refractivity contribution in [1.82, 2.24) is 9.97 Å². The number of nitrogens with two attached hydrogens (primary N) is 1. The predicted octanol–water partition coefficient (Wildman–Crippen LogP) is 2.68. The van der Waals surface area contributed by atoms with E-state index in [9.17, 15) is 0 Å². The molecule has 1 aromatic heterocycles. The van der Waals surface area contributed by atoms with E-state index in [1.165, 1.54) is 0 Å². The second-order valence-electron chi connectivity index (χ2n) is 4.06. The molecular formula is C13H13ClN4S. The van der Waals surface area contributed by atoms with Gasteiger partial charge in [-0.25, -0.2) is 0 Å². The van der Waals surface area contributed by atoms with Crippen molar-refractivity contribution in [2.24, 2.45) is 5.73 Å². The van der Waals surface area contributed by atoms with E-state index in [0.717, 1.165) is 17.1 Å². The van der Waals surface area contributed by atoms with Crippen LogP contribution in [0.15, 0.2) is 30.6 Å². The predicted molar refractivity (Wildman–Crippen MR) is 81.4 cm³/mol. The molecule has 98 valence electrons. The first-order chi connectivity index (χ1) is 9.06. The van der Waals surface area contributed by atoms with E-state index in [-0.39, 0.29) is 0 Å². The Labute approximate surface area is 122 Å². The van der Waals surface area contributed by atoms with Crippen LogP contribution in [0, 0.1) is 6.92 Å². The van der Waals surface area contributed by atoms with Crippen molar-refractivity contribution in [1.29, 1.82) is 0 Å². The maximum Gasteiger partial charge on any atom is 0.105 e. The number of thiocarbonyl (C=S) groups is 1. The van der Waals surface area contributed by atoms with Crippen molar-refractivity contribution in [3.8, 4) is 0 Å². The highest BCUT2D eigenvalue weighted by molar-refractivity contribution is 7.80. The van der Waals surface area contributed by atoms with Crippen molar-refractivity contribution in [2.45, 2.75) is 13.5 Å². The van der Waals surface area contributed by atoms with Gasteiger partial charge in [0, 0.05) is 17.4 Å². The third kappa shape index (κ3) is 3.62. The summed E-state index contributed by atoms with van der Waals surface area (Å²) in [5.74, 6) is 0. The number of nitrogens with one attached hydrogen (secondary N) is 1. The quantitative estimate of drug-likeness (QED) is 0.848. The van der Waals surface area contributed by atoms with Gasteiger partial charge in [0.05, 0.1) is 29.2 Å². The minimum absolute atomic E-state index is 0.293. The van der Waals surface area contributed by atoms with E-state index in [0.29, 0.717) is 22.1 Å². The van der Waals surface area contributed by atoms with E-state index in [2.05, 4.69) is 15.3 Å². The van der Waals surface area contributed by atoms with Gasteiger partial charge in [-0.3, -0.25) is 9.97 Å². The summed E-state index contributed by atoms with van der Waals surface area (Å²) in [4.78, 5) is 8.74. The highest BCUT2D eigenvalue weighted by Crippen LogP contribution is 2.21. The van der Waals surface area contributed by atoms with E-state index in [1.54, 1.807) is 24.5 Å². The molecule has 1 aromatic carbocycles. The summed E-state index contributed by atoms with van der Waals surface area (Å²) in [6.45, 7) is 2.48. The Bertz CT molecular complexity index is 598. The largest absolute Gasteiger partial charge is 0.389 e. The lowest BCUT2D eigenvalue weighted by atomic mass is 10.2. The molecule has 0 unspecified atom stereocenters. The molecule has 4 nitrogen and oxygen atoms in total. The van der Waals surface area contributed by atoms with Gasteiger partial charge in [-0.2, -0.15) is 0 Å². The molecule has 6 heteroatoms. The number of nitrogens with zero attached hydrogens (tertiary/aromatic N) is 2.